The van der Waals surface area contributed by atoms with Crippen LogP contribution in [-0.2, 0) is 0 Å². The Morgan fingerprint density at radius 1 is 1.33 bits per heavy atom. The molecule has 0 aliphatic carbocycles. The number of carbonyl (C=O) groups is 1. The van der Waals surface area contributed by atoms with Gasteiger partial charge in [-0.15, -0.1) is 21.5 Å². The van der Waals surface area contributed by atoms with Gasteiger partial charge in [-0.2, -0.15) is 0 Å². The van der Waals surface area contributed by atoms with E-state index in [9.17, 15) is 9.18 Å². The van der Waals surface area contributed by atoms with Gasteiger partial charge in [0.1, 0.15) is 15.8 Å². The van der Waals surface area contributed by atoms with Crippen molar-refractivity contribution in [1.29, 1.82) is 0 Å². The Labute approximate surface area is 126 Å². The molecule has 6 heteroatoms. The average Bonchev–Trinajstić information content (AvgIpc) is 2.94. The minimum atomic E-state index is -0.326. The van der Waals surface area contributed by atoms with Gasteiger partial charge in [0.05, 0.1) is 0 Å². The summed E-state index contributed by atoms with van der Waals surface area (Å²) in [4.78, 5) is 14.3. The summed E-state index contributed by atoms with van der Waals surface area (Å²) in [6.07, 6.45) is 1.98. The third-order valence-corrected chi connectivity index (χ3v) is 4.69. The molecule has 3 rings (SSSR count). The number of piperidine rings is 1. The lowest BCUT2D eigenvalue weighted by molar-refractivity contribution is 0.0707. The maximum Gasteiger partial charge on any atom is 0.253 e. The van der Waals surface area contributed by atoms with Crippen molar-refractivity contribution in [1.82, 2.24) is 15.1 Å². The van der Waals surface area contributed by atoms with Crippen LogP contribution in [-0.4, -0.2) is 34.1 Å². The molecular weight excluding hydrogens is 289 g/mol. The highest BCUT2D eigenvalue weighted by Crippen LogP contribution is 2.29. The molecule has 0 spiro atoms. The number of amides is 1. The van der Waals surface area contributed by atoms with E-state index in [4.69, 9.17) is 0 Å². The zero-order valence-electron chi connectivity index (χ0n) is 11.8. The summed E-state index contributed by atoms with van der Waals surface area (Å²) in [5, 5.41) is 10.2. The molecule has 1 aromatic carbocycles. The number of likely N-dealkylation sites (tertiary alicyclic amines) is 1. The van der Waals surface area contributed by atoms with E-state index in [2.05, 4.69) is 10.2 Å². The molecule has 2 heterocycles. The monoisotopic (exact) mass is 305 g/mol. The molecule has 0 saturated carbocycles. The number of rotatable bonds is 2. The van der Waals surface area contributed by atoms with E-state index in [-0.39, 0.29) is 17.6 Å². The molecule has 1 aromatic heterocycles. The smallest absolute Gasteiger partial charge is 0.253 e. The number of nitrogens with zero attached hydrogens (tertiary/aromatic N) is 3. The number of aromatic nitrogens is 2. The minimum Gasteiger partial charge on any atom is -0.338 e. The van der Waals surface area contributed by atoms with Crippen molar-refractivity contribution in [3.63, 3.8) is 0 Å². The van der Waals surface area contributed by atoms with Crippen molar-refractivity contribution in [3.8, 4) is 0 Å². The zero-order chi connectivity index (χ0) is 14.8. The first kappa shape index (κ1) is 14.1. The third kappa shape index (κ3) is 3.10. The van der Waals surface area contributed by atoms with Gasteiger partial charge in [0.25, 0.3) is 5.91 Å². The molecule has 0 bridgehead atoms. The second kappa shape index (κ2) is 5.89. The van der Waals surface area contributed by atoms with Crippen molar-refractivity contribution in [2.45, 2.75) is 25.7 Å². The molecular formula is C15H16FN3OS. The van der Waals surface area contributed by atoms with Crippen LogP contribution >= 0.6 is 11.3 Å². The van der Waals surface area contributed by atoms with Crippen LogP contribution < -0.4 is 0 Å². The number of aryl methyl sites for hydroxylation is 1. The van der Waals surface area contributed by atoms with Crippen molar-refractivity contribution in [2.75, 3.05) is 13.1 Å². The Balaban J connectivity index is 1.73. The summed E-state index contributed by atoms with van der Waals surface area (Å²) in [5.74, 6) is -0.109. The Bertz CT molecular complexity index is 641. The molecule has 1 saturated heterocycles. The third-order valence-electron chi connectivity index (χ3n) is 3.69. The fourth-order valence-electron chi connectivity index (χ4n) is 2.62. The predicted molar refractivity (Wildman–Crippen MR) is 78.9 cm³/mol. The number of hydrogen-bond donors (Lipinski definition) is 0. The first-order valence-corrected chi connectivity index (χ1v) is 7.80. The van der Waals surface area contributed by atoms with Gasteiger partial charge in [0.2, 0.25) is 0 Å². The molecule has 0 radical (unpaired) electrons. The summed E-state index contributed by atoms with van der Waals surface area (Å²) in [6.45, 7) is 3.33. The number of hydrogen-bond acceptors (Lipinski definition) is 4. The van der Waals surface area contributed by atoms with E-state index in [1.165, 1.54) is 24.3 Å². The lowest BCUT2D eigenvalue weighted by Crippen LogP contribution is -2.39. The first-order valence-electron chi connectivity index (χ1n) is 6.98. The average molecular weight is 305 g/mol. The summed E-state index contributed by atoms with van der Waals surface area (Å²) in [7, 11) is 0. The van der Waals surface area contributed by atoms with Crippen LogP contribution in [0.5, 0.6) is 0 Å². The van der Waals surface area contributed by atoms with E-state index in [0.717, 1.165) is 29.4 Å². The molecule has 1 aliphatic heterocycles. The van der Waals surface area contributed by atoms with Gasteiger partial charge in [-0.3, -0.25) is 4.79 Å². The van der Waals surface area contributed by atoms with Crippen molar-refractivity contribution < 1.29 is 9.18 Å². The number of carbonyl (C=O) groups excluding carboxylic acids is 1. The fraction of sp³-hybridized carbons (Fsp3) is 0.400. The maximum absolute atomic E-state index is 12.9. The fourth-order valence-corrected chi connectivity index (χ4v) is 3.44. The van der Waals surface area contributed by atoms with Crippen molar-refractivity contribution in [3.05, 3.63) is 45.7 Å². The second-order valence-corrected chi connectivity index (χ2v) is 6.47. The van der Waals surface area contributed by atoms with Gasteiger partial charge >= 0.3 is 0 Å². The van der Waals surface area contributed by atoms with E-state index in [0.29, 0.717) is 12.1 Å². The van der Waals surface area contributed by atoms with E-state index < -0.39 is 0 Å². The Morgan fingerprint density at radius 2 is 2.10 bits per heavy atom. The van der Waals surface area contributed by atoms with Crippen LogP contribution in [0.3, 0.4) is 0 Å². The molecule has 2 aromatic rings. The largest absolute Gasteiger partial charge is 0.338 e. The minimum absolute atomic E-state index is 0.0408. The second-order valence-electron chi connectivity index (χ2n) is 5.26. The summed E-state index contributed by atoms with van der Waals surface area (Å²) in [6, 6.07) is 5.72. The molecule has 4 nitrogen and oxygen atoms in total. The number of halogens is 1. The Hall–Kier alpha value is -1.82. The molecule has 1 unspecified atom stereocenters. The van der Waals surface area contributed by atoms with Crippen molar-refractivity contribution >= 4 is 17.2 Å². The zero-order valence-corrected chi connectivity index (χ0v) is 12.6. The van der Waals surface area contributed by atoms with Gasteiger partial charge in [-0.1, -0.05) is 0 Å². The highest BCUT2D eigenvalue weighted by molar-refractivity contribution is 7.11. The summed E-state index contributed by atoms with van der Waals surface area (Å²) >= 11 is 1.60. The molecule has 1 aliphatic rings. The number of benzene rings is 1. The quantitative estimate of drug-likeness (QED) is 0.857. The van der Waals surface area contributed by atoms with Crippen LogP contribution in [0, 0.1) is 12.7 Å². The van der Waals surface area contributed by atoms with Crippen LogP contribution in [0.15, 0.2) is 24.3 Å². The normalized spacial score (nSPS) is 18.8. The van der Waals surface area contributed by atoms with Crippen LogP contribution in [0.25, 0.3) is 0 Å². The highest BCUT2D eigenvalue weighted by atomic mass is 32.1. The molecule has 0 N–H and O–H groups in total. The first-order chi connectivity index (χ1) is 10.1. The SMILES string of the molecule is Cc1nnc(C2CCCN(C(=O)c3ccc(F)cc3)C2)s1. The van der Waals surface area contributed by atoms with Crippen molar-refractivity contribution in [2.24, 2.45) is 0 Å². The molecule has 21 heavy (non-hydrogen) atoms. The van der Waals surface area contributed by atoms with Crippen LogP contribution in [0.4, 0.5) is 4.39 Å². The summed E-state index contributed by atoms with van der Waals surface area (Å²) in [5.41, 5.74) is 0.533. The van der Waals surface area contributed by atoms with E-state index in [1.54, 1.807) is 11.3 Å². The predicted octanol–water partition coefficient (Wildman–Crippen LogP) is 3.01. The van der Waals surface area contributed by atoms with Gasteiger partial charge in [0, 0.05) is 24.6 Å². The van der Waals surface area contributed by atoms with Gasteiger partial charge < -0.3 is 4.90 Å². The lowest BCUT2D eigenvalue weighted by Gasteiger charge is -2.31. The van der Waals surface area contributed by atoms with E-state index in [1.807, 2.05) is 11.8 Å². The molecule has 1 atom stereocenters. The molecule has 1 fully saturated rings. The maximum atomic E-state index is 12.9. The molecule has 110 valence electrons. The lowest BCUT2D eigenvalue weighted by atomic mass is 9.98. The Kier molecular flexibility index (Phi) is 3.96. The van der Waals surface area contributed by atoms with Gasteiger partial charge in [0.15, 0.2) is 0 Å². The molecule has 1 amide bonds. The van der Waals surface area contributed by atoms with Gasteiger partial charge in [-0.25, -0.2) is 4.39 Å². The summed E-state index contributed by atoms with van der Waals surface area (Å²) < 4.78 is 12.9. The topological polar surface area (TPSA) is 46.1 Å². The van der Waals surface area contributed by atoms with Gasteiger partial charge in [-0.05, 0) is 44.0 Å². The van der Waals surface area contributed by atoms with E-state index >= 15 is 0 Å². The van der Waals surface area contributed by atoms with Crippen LogP contribution in [0.2, 0.25) is 0 Å². The standard InChI is InChI=1S/C15H16FN3OS/c1-10-17-18-14(21-10)12-3-2-8-19(9-12)15(20)11-4-6-13(16)7-5-11/h4-7,12H,2-3,8-9H2,1H3. The highest BCUT2D eigenvalue weighted by Gasteiger charge is 2.27. The Morgan fingerprint density at radius 3 is 2.76 bits per heavy atom. The van der Waals surface area contributed by atoms with Crippen LogP contribution in [0.1, 0.15) is 39.1 Å².